The quantitative estimate of drug-likeness (QED) is 0.751. The van der Waals surface area contributed by atoms with E-state index in [0.29, 0.717) is 6.54 Å². The van der Waals surface area contributed by atoms with E-state index in [9.17, 15) is 4.79 Å². The summed E-state index contributed by atoms with van der Waals surface area (Å²) in [5.74, 6) is 0. The van der Waals surface area contributed by atoms with E-state index in [-0.39, 0.29) is 19.2 Å². The molecule has 0 saturated carbocycles. The number of benzene rings is 1. The average Bonchev–Trinajstić information content (AvgIpc) is 2.46. The highest BCUT2D eigenvalue weighted by Crippen LogP contribution is 2.18. The first-order chi connectivity index (χ1) is 9.62. The van der Waals surface area contributed by atoms with Crippen LogP contribution in [0.5, 0.6) is 0 Å². The number of carbonyl (C=O) groups excluding carboxylic acids is 1. The first-order valence-electron chi connectivity index (χ1n) is 6.71. The zero-order valence-corrected chi connectivity index (χ0v) is 12.2. The number of amides is 2. The number of nitrogens with zero attached hydrogens (tertiary/aromatic N) is 2. The molecule has 20 heavy (non-hydrogen) atoms. The second kappa shape index (κ2) is 8.22. The van der Waals surface area contributed by atoms with Crippen molar-refractivity contribution in [2.24, 2.45) is 0 Å². The molecule has 5 nitrogen and oxygen atoms in total. The average molecular weight is 277 g/mol. The summed E-state index contributed by atoms with van der Waals surface area (Å²) in [4.78, 5) is 15.7. The van der Waals surface area contributed by atoms with Gasteiger partial charge in [-0.25, -0.2) is 4.79 Å². The Morgan fingerprint density at radius 2 is 2.25 bits per heavy atom. The van der Waals surface area contributed by atoms with Crippen molar-refractivity contribution in [1.29, 1.82) is 0 Å². The second-order valence-corrected chi connectivity index (χ2v) is 4.45. The van der Waals surface area contributed by atoms with Gasteiger partial charge in [-0.2, -0.15) is 0 Å². The van der Waals surface area contributed by atoms with Crippen molar-refractivity contribution in [3.63, 3.8) is 0 Å². The summed E-state index contributed by atoms with van der Waals surface area (Å²) < 4.78 is 0. The standard InChI is InChI=1S/C15H23N3O2/c1-4-9-18(10-11-19)15(20)16-13-7-6-8-14(12-13)17(3)5-2/h4,6-8,12,19H,1,5,9-11H2,2-3H3,(H,16,20). The third-order valence-electron chi connectivity index (χ3n) is 3.02. The summed E-state index contributed by atoms with van der Waals surface area (Å²) in [6, 6.07) is 7.42. The lowest BCUT2D eigenvalue weighted by Gasteiger charge is -2.22. The number of nitrogens with one attached hydrogen (secondary N) is 1. The van der Waals surface area contributed by atoms with E-state index in [1.807, 2.05) is 31.3 Å². The number of carbonyl (C=O) groups is 1. The van der Waals surface area contributed by atoms with E-state index in [4.69, 9.17) is 5.11 Å². The first-order valence-corrected chi connectivity index (χ1v) is 6.71. The predicted octanol–water partition coefficient (Wildman–Crippen LogP) is 2.15. The Bertz CT molecular complexity index is 448. The van der Waals surface area contributed by atoms with Crippen LogP contribution in [0.1, 0.15) is 6.92 Å². The molecule has 110 valence electrons. The van der Waals surface area contributed by atoms with Crippen LogP contribution in [0.3, 0.4) is 0 Å². The Hall–Kier alpha value is -2.01. The number of anilines is 2. The first kappa shape index (κ1) is 16.0. The van der Waals surface area contributed by atoms with Gasteiger partial charge in [-0.3, -0.25) is 0 Å². The molecule has 0 aliphatic rings. The van der Waals surface area contributed by atoms with E-state index in [2.05, 4.69) is 23.7 Å². The molecule has 0 aliphatic heterocycles. The molecule has 0 atom stereocenters. The molecular formula is C15H23N3O2. The number of hydrogen-bond acceptors (Lipinski definition) is 3. The normalized spacial score (nSPS) is 9.95. The van der Waals surface area contributed by atoms with Crippen LogP contribution in [0.2, 0.25) is 0 Å². The van der Waals surface area contributed by atoms with Crippen LogP contribution in [-0.4, -0.2) is 49.3 Å². The van der Waals surface area contributed by atoms with Crippen LogP contribution in [0.4, 0.5) is 16.2 Å². The van der Waals surface area contributed by atoms with Gasteiger partial charge in [0.25, 0.3) is 0 Å². The van der Waals surface area contributed by atoms with Gasteiger partial charge in [0.1, 0.15) is 0 Å². The van der Waals surface area contributed by atoms with Gasteiger partial charge in [-0.15, -0.1) is 6.58 Å². The van der Waals surface area contributed by atoms with E-state index >= 15 is 0 Å². The van der Waals surface area contributed by atoms with Crippen LogP contribution in [-0.2, 0) is 0 Å². The van der Waals surface area contributed by atoms with Crippen LogP contribution >= 0.6 is 0 Å². The van der Waals surface area contributed by atoms with Gasteiger partial charge >= 0.3 is 6.03 Å². The molecule has 1 rings (SSSR count). The zero-order valence-electron chi connectivity index (χ0n) is 12.2. The van der Waals surface area contributed by atoms with Gasteiger partial charge in [0.2, 0.25) is 0 Å². The molecule has 0 unspecified atom stereocenters. The van der Waals surface area contributed by atoms with Crippen molar-refractivity contribution >= 4 is 17.4 Å². The molecular weight excluding hydrogens is 254 g/mol. The Labute approximate surface area is 120 Å². The summed E-state index contributed by atoms with van der Waals surface area (Å²) in [6.07, 6.45) is 1.64. The van der Waals surface area contributed by atoms with E-state index in [1.54, 1.807) is 6.08 Å². The monoisotopic (exact) mass is 277 g/mol. The highest BCUT2D eigenvalue weighted by molar-refractivity contribution is 5.90. The van der Waals surface area contributed by atoms with E-state index < -0.39 is 0 Å². The van der Waals surface area contributed by atoms with E-state index in [0.717, 1.165) is 17.9 Å². The zero-order chi connectivity index (χ0) is 15.0. The summed E-state index contributed by atoms with van der Waals surface area (Å²) in [7, 11) is 2.00. The van der Waals surface area contributed by atoms with Gasteiger partial charge in [0, 0.05) is 38.1 Å². The van der Waals surface area contributed by atoms with Crippen molar-refractivity contribution in [2.75, 3.05) is 43.5 Å². The van der Waals surface area contributed by atoms with Crippen LogP contribution in [0, 0.1) is 0 Å². The number of urea groups is 1. The van der Waals surface area contributed by atoms with Gasteiger partial charge < -0.3 is 20.2 Å². The van der Waals surface area contributed by atoms with Gasteiger partial charge in [-0.1, -0.05) is 12.1 Å². The van der Waals surface area contributed by atoms with Crippen molar-refractivity contribution in [3.05, 3.63) is 36.9 Å². The number of aliphatic hydroxyl groups is 1. The van der Waals surface area contributed by atoms with Gasteiger partial charge in [0.15, 0.2) is 0 Å². The number of rotatable bonds is 7. The molecule has 2 amide bonds. The molecule has 0 fully saturated rings. The maximum atomic E-state index is 12.1. The molecule has 0 aliphatic carbocycles. The maximum Gasteiger partial charge on any atom is 0.322 e. The van der Waals surface area contributed by atoms with Gasteiger partial charge in [-0.05, 0) is 25.1 Å². The molecule has 0 bridgehead atoms. The minimum atomic E-state index is -0.241. The third-order valence-corrected chi connectivity index (χ3v) is 3.02. The number of aliphatic hydroxyl groups excluding tert-OH is 1. The lowest BCUT2D eigenvalue weighted by atomic mass is 10.2. The summed E-state index contributed by atoms with van der Waals surface area (Å²) >= 11 is 0. The second-order valence-electron chi connectivity index (χ2n) is 4.45. The van der Waals surface area contributed by atoms with E-state index in [1.165, 1.54) is 4.90 Å². The Morgan fingerprint density at radius 3 is 2.85 bits per heavy atom. The minimum Gasteiger partial charge on any atom is -0.395 e. The molecule has 0 heterocycles. The summed E-state index contributed by atoms with van der Waals surface area (Å²) in [5.41, 5.74) is 1.78. The molecule has 0 radical (unpaired) electrons. The Balaban J connectivity index is 2.76. The molecule has 0 aromatic heterocycles. The summed E-state index contributed by atoms with van der Waals surface area (Å²) in [5, 5.41) is 11.8. The fraction of sp³-hybridized carbons (Fsp3) is 0.400. The predicted molar refractivity (Wildman–Crippen MR) is 83.3 cm³/mol. The smallest absolute Gasteiger partial charge is 0.322 e. The molecule has 2 N–H and O–H groups in total. The van der Waals surface area contributed by atoms with Crippen molar-refractivity contribution in [1.82, 2.24) is 4.90 Å². The largest absolute Gasteiger partial charge is 0.395 e. The van der Waals surface area contributed by atoms with Gasteiger partial charge in [0.05, 0.1) is 6.61 Å². The summed E-state index contributed by atoms with van der Waals surface area (Å²) in [6.45, 7) is 7.19. The Kier molecular flexibility index (Phi) is 6.59. The van der Waals surface area contributed by atoms with Crippen LogP contribution in [0.25, 0.3) is 0 Å². The highest BCUT2D eigenvalue weighted by atomic mass is 16.3. The number of hydrogen-bond donors (Lipinski definition) is 2. The topological polar surface area (TPSA) is 55.8 Å². The minimum absolute atomic E-state index is 0.0696. The molecule has 1 aromatic rings. The lowest BCUT2D eigenvalue weighted by Crippen LogP contribution is -2.37. The Morgan fingerprint density at radius 1 is 1.50 bits per heavy atom. The van der Waals surface area contributed by atoms with Crippen molar-refractivity contribution < 1.29 is 9.90 Å². The fourth-order valence-electron chi connectivity index (χ4n) is 1.76. The molecule has 1 aromatic carbocycles. The van der Waals surface area contributed by atoms with Crippen molar-refractivity contribution in [2.45, 2.75) is 6.92 Å². The maximum absolute atomic E-state index is 12.1. The SMILES string of the molecule is C=CCN(CCO)C(=O)Nc1cccc(N(C)CC)c1. The van der Waals surface area contributed by atoms with Crippen LogP contribution in [0.15, 0.2) is 36.9 Å². The molecule has 0 spiro atoms. The third kappa shape index (κ3) is 4.59. The van der Waals surface area contributed by atoms with Crippen molar-refractivity contribution in [3.8, 4) is 0 Å². The fourth-order valence-corrected chi connectivity index (χ4v) is 1.76. The molecule has 5 heteroatoms. The lowest BCUT2D eigenvalue weighted by molar-refractivity contribution is 0.195. The molecule has 0 saturated heterocycles. The highest BCUT2D eigenvalue weighted by Gasteiger charge is 2.11. The van der Waals surface area contributed by atoms with Crippen LogP contribution < -0.4 is 10.2 Å².